The lowest BCUT2D eigenvalue weighted by atomic mass is 10.2. The molecule has 0 bridgehead atoms. The van der Waals surface area contributed by atoms with Gasteiger partial charge in [0, 0.05) is 17.8 Å². The van der Waals surface area contributed by atoms with Gasteiger partial charge in [0.05, 0.1) is 11.4 Å². The Morgan fingerprint density at radius 1 is 1.17 bits per heavy atom. The number of carbonyl (C=O) groups is 1. The fourth-order valence-corrected chi connectivity index (χ4v) is 3.23. The van der Waals surface area contributed by atoms with Gasteiger partial charge in [-0.25, -0.2) is 14.1 Å². The number of halogens is 1. The summed E-state index contributed by atoms with van der Waals surface area (Å²) in [6.45, 7) is 7.45. The van der Waals surface area contributed by atoms with Gasteiger partial charge in [0.15, 0.2) is 0 Å². The van der Waals surface area contributed by atoms with E-state index in [0.29, 0.717) is 23.6 Å². The van der Waals surface area contributed by atoms with Crippen LogP contribution in [0.25, 0.3) is 5.95 Å². The van der Waals surface area contributed by atoms with Crippen LogP contribution < -0.4 is 10.9 Å². The predicted octanol–water partition coefficient (Wildman–Crippen LogP) is 2.37. The molecule has 2 heterocycles. The number of aryl methyl sites for hydroxylation is 3. The van der Waals surface area contributed by atoms with Gasteiger partial charge in [0.25, 0.3) is 5.56 Å². The molecule has 3 aromatic rings. The zero-order chi connectivity index (χ0) is 21.1. The van der Waals surface area contributed by atoms with Crippen LogP contribution in [0.5, 0.6) is 0 Å². The van der Waals surface area contributed by atoms with Crippen molar-refractivity contribution in [3.63, 3.8) is 0 Å². The highest BCUT2D eigenvalue weighted by atomic mass is 19.1. The van der Waals surface area contributed by atoms with E-state index >= 15 is 0 Å². The summed E-state index contributed by atoms with van der Waals surface area (Å²) >= 11 is 0. The van der Waals surface area contributed by atoms with Crippen molar-refractivity contribution in [1.82, 2.24) is 24.6 Å². The van der Waals surface area contributed by atoms with Crippen LogP contribution in [0, 0.1) is 26.6 Å². The van der Waals surface area contributed by atoms with E-state index in [1.54, 1.807) is 23.7 Å². The normalized spacial score (nSPS) is 10.9. The molecular formula is C21H24FN5O2. The van der Waals surface area contributed by atoms with E-state index in [0.717, 1.165) is 17.0 Å². The number of nitrogens with zero attached hydrogens (tertiary/aromatic N) is 4. The van der Waals surface area contributed by atoms with Crippen LogP contribution in [-0.2, 0) is 24.3 Å². The summed E-state index contributed by atoms with van der Waals surface area (Å²) in [6.07, 6.45) is 0.520. The Labute approximate surface area is 168 Å². The molecule has 0 aliphatic carbocycles. The van der Waals surface area contributed by atoms with E-state index in [1.165, 1.54) is 16.7 Å². The predicted molar refractivity (Wildman–Crippen MR) is 107 cm³/mol. The van der Waals surface area contributed by atoms with Crippen molar-refractivity contribution in [2.45, 2.75) is 47.2 Å². The minimum Gasteiger partial charge on any atom is -0.350 e. The summed E-state index contributed by atoms with van der Waals surface area (Å²) in [5, 5.41) is 7.18. The molecule has 0 saturated carbocycles. The van der Waals surface area contributed by atoms with E-state index in [2.05, 4.69) is 15.4 Å². The van der Waals surface area contributed by atoms with E-state index in [-0.39, 0.29) is 30.4 Å². The number of rotatable bonds is 6. The van der Waals surface area contributed by atoms with Crippen LogP contribution in [0.15, 0.2) is 35.1 Å². The van der Waals surface area contributed by atoms with Gasteiger partial charge in [0.1, 0.15) is 12.4 Å². The van der Waals surface area contributed by atoms with Gasteiger partial charge in [-0.15, -0.1) is 0 Å². The van der Waals surface area contributed by atoms with E-state index < -0.39 is 0 Å². The molecule has 1 aromatic carbocycles. The first kappa shape index (κ1) is 20.4. The molecule has 2 aromatic heterocycles. The quantitative estimate of drug-likeness (QED) is 0.692. The molecule has 152 valence electrons. The topological polar surface area (TPSA) is 81.8 Å². The first-order chi connectivity index (χ1) is 13.8. The molecule has 29 heavy (non-hydrogen) atoms. The molecule has 1 amide bonds. The van der Waals surface area contributed by atoms with Gasteiger partial charge < -0.3 is 5.32 Å². The molecule has 1 N–H and O–H groups in total. The molecule has 3 rings (SSSR count). The molecule has 0 atom stereocenters. The molecule has 8 heteroatoms. The summed E-state index contributed by atoms with van der Waals surface area (Å²) in [5.74, 6) is -0.363. The zero-order valence-electron chi connectivity index (χ0n) is 17.0. The van der Waals surface area contributed by atoms with Gasteiger partial charge >= 0.3 is 0 Å². The highest BCUT2D eigenvalue weighted by molar-refractivity contribution is 5.76. The Balaban J connectivity index is 1.92. The third-order valence-electron chi connectivity index (χ3n) is 4.71. The van der Waals surface area contributed by atoms with Crippen LogP contribution in [0.1, 0.15) is 35.1 Å². The second kappa shape index (κ2) is 8.38. The van der Waals surface area contributed by atoms with Gasteiger partial charge in [-0.1, -0.05) is 19.1 Å². The number of aromatic nitrogens is 4. The number of nitrogens with one attached hydrogen (secondary N) is 1. The molecule has 0 radical (unpaired) electrons. The minimum absolute atomic E-state index is 0.187. The Hall–Kier alpha value is -3.29. The number of amides is 1. The number of benzene rings is 1. The average molecular weight is 397 g/mol. The molecule has 7 nitrogen and oxygen atoms in total. The molecule has 0 unspecified atom stereocenters. The SMILES string of the molecule is CCc1c(C)nc(-n2nc(C)cc2C)n(CC(=O)NCc2ccc(F)cc2)c1=O. The van der Waals surface area contributed by atoms with E-state index in [1.807, 2.05) is 26.8 Å². The fraction of sp³-hybridized carbons (Fsp3) is 0.333. The van der Waals surface area contributed by atoms with Crippen LogP contribution in [0.4, 0.5) is 4.39 Å². The number of carbonyl (C=O) groups excluding carboxylic acids is 1. The first-order valence-corrected chi connectivity index (χ1v) is 9.45. The lowest BCUT2D eigenvalue weighted by Crippen LogP contribution is -2.36. The largest absolute Gasteiger partial charge is 0.350 e. The van der Waals surface area contributed by atoms with Crippen molar-refractivity contribution in [1.29, 1.82) is 0 Å². The Bertz CT molecular complexity index is 1100. The summed E-state index contributed by atoms with van der Waals surface area (Å²) < 4.78 is 16.0. The molecule has 0 spiro atoms. The number of hydrogen-bond acceptors (Lipinski definition) is 4. The lowest BCUT2D eigenvalue weighted by molar-refractivity contribution is -0.121. The maximum Gasteiger partial charge on any atom is 0.258 e. The van der Waals surface area contributed by atoms with Crippen molar-refractivity contribution in [2.24, 2.45) is 0 Å². The van der Waals surface area contributed by atoms with Crippen molar-refractivity contribution in [3.8, 4) is 5.95 Å². The number of hydrogen-bond donors (Lipinski definition) is 1. The third-order valence-corrected chi connectivity index (χ3v) is 4.71. The van der Waals surface area contributed by atoms with Gasteiger partial charge in [0.2, 0.25) is 11.9 Å². The zero-order valence-corrected chi connectivity index (χ0v) is 17.0. The van der Waals surface area contributed by atoms with Crippen molar-refractivity contribution in [2.75, 3.05) is 0 Å². The maximum absolute atomic E-state index is 13.0. The lowest BCUT2D eigenvalue weighted by Gasteiger charge is -2.16. The van der Waals surface area contributed by atoms with E-state index in [4.69, 9.17) is 0 Å². The van der Waals surface area contributed by atoms with Crippen LogP contribution in [0.3, 0.4) is 0 Å². The van der Waals surface area contributed by atoms with Crippen LogP contribution in [0.2, 0.25) is 0 Å². The van der Waals surface area contributed by atoms with Crippen molar-refractivity contribution in [3.05, 3.63) is 74.7 Å². The summed E-state index contributed by atoms with van der Waals surface area (Å²) in [4.78, 5) is 30.2. The Morgan fingerprint density at radius 3 is 2.45 bits per heavy atom. The third kappa shape index (κ3) is 4.42. The molecule has 0 saturated heterocycles. The molecular weight excluding hydrogens is 373 g/mol. The highest BCUT2D eigenvalue weighted by Gasteiger charge is 2.18. The Kier molecular flexibility index (Phi) is 5.91. The van der Waals surface area contributed by atoms with Crippen molar-refractivity contribution < 1.29 is 9.18 Å². The summed E-state index contributed by atoms with van der Waals surface area (Å²) in [5.41, 5.74) is 3.33. The second-order valence-corrected chi connectivity index (χ2v) is 6.96. The summed E-state index contributed by atoms with van der Waals surface area (Å²) in [6, 6.07) is 7.76. The smallest absolute Gasteiger partial charge is 0.258 e. The molecule has 0 fully saturated rings. The fourth-order valence-electron chi connectivity index (χ4n) is 3.23. The first-order valence-electron chi connectivity index (χ1n) is 9.45. The average Bonchev–Trinajstić information content (AvgIpc) is 3.01. The van der Waals surface area contributed by atoms with Gasteiger partial charge in [-0.05, 0) is 51.0 Å². The molecule has 0 aliphatic rings. The second-order valence-electron chi connectivity index (χ2n) is 6.96. The maximum atomic E-state index is 13.0. The highest BCUT2D eigenvalue weighted by Crippen LogP contribution is 2.12. The van der Waals surface area contributed by atoms with Crippen LogP contribution in [-0.4, -0.2) is 25.2 Å². The van der Waals surface area contributed by atoms with Crippen molar-refractivity contribution >= 4 is 5.91 Å². The van der Waals surface area contributed by atoms with Gasteiger partial charge in [-0.3, -0.25) is 14.2 Å². The summed E-state index contributed by atoms with van der Waals surface area (Å²) in [7, 11) is 0. The minimum atomic E-state index is -0.341. The monoisotopic (exact) mass is 397 g/mol. The standard InChI is InChI=1S/C21H24FN5O2/c1-5-18-15(4)24-21(27-14(3)10-13(2)25-27)26(20(18)29)12-19(28)23-11-16-6-8-17(22)9-7-16/h6-10H,5,11-12H2,1-4H3,(H,23,28). The van der Waals surface area contributed by atoms with Crippen LogP contribution >= 0.6 is 0 Å². The van der Waals surface area contributed by atoms with Gasteiger partial charge in [-0.2, -0.15) is 5.10 Å². The molecule has 0 aliphatic heterocycles. The Morgan fingerprint density at radius 2 is 1.86 bits per heavy atom. The van der Waals surface area contributed by atoms with E-state index in [9.17, 15) is 14.0 Å².